The largest absolute Gasteiger partial charge is 0.228 e. The van der Waals surface area contributed by atoms with Crippen molar-refractivity contribution in [2.24, 2.45) is 0 Å². The molecule has 0 saturated heterocycles. The summed E-state index contributed by atoms with van der Waals surface area (Å²) < 4.78 is 0. The van der Waals surface area contributed by atoms with Crippen molar-refractivity contribution in [3.8, 4) is 101 Å². The summed E-state index contributed by atoms with van der Waals surface area (Å²) in [6, 6.07) is 83.1. The van der Waals surface area contributed by atoms with Crippen LogP contribution in [0.1, 0.15) is 0 Å². The van der Waals surface area contributed by atoms with Crippen LogP contribution in [0.5, 0.6) is 0 Å². The number of hydrogen-bond donors (Lipinski definition) is 0. The highest BCUT2D eigenvalue weighted by molar-refractivity contribution is 7.04. The van der Waals surface area contributed by atoms with E-state index in [9.17, 15) is 0 Å². The lowest BCUT2D eigenvalue weighted by Crippen LogP contribution is -2.50. The number of benzene rings is 9. The third-order valence-corrected chi connectivity index (χ3v) is 16.2. The smallest absolute Gasteiger partial charge is 0.160 e. The van der Waals surface area contributed by atoms with Crippen LogP contribution < -0.4 is 10.4 Å². The first kappa shape index (κ1) is 38.2. The van der Waals surface area contributed by atoms with Crippen molar-refractivity contribution in [3.63, 3.8) is 0 Å². The predicted octanol–water partition coefficient (Wildman–Crippen LogP) is 14.6. The maximum Gasteiger partial charge on any atom is 0.160 e. The zero-order valence-electron chi connectivity index (χ0n) is 35.3. The number of nitrogens with zero attached hydrogens (tertiary/aromatic N) is 2. The maximum atomic E-state index is 5.50. The number of hydrogen-bond acceptors (Lipinski definition) is 2. The van der Waals surface area contributed by atoms with Gasteiger partial charge in [-0.2, -0.15) is 0 Å². The summed E-state index contributed by atoms with van der Waals surface area (Å²) in [5.74, 6) is 0.746. The summed E-state index contributed by atoms with van der Waals surface area (Å²) in [6.07, 6.45) is 0. The average Bonchev–Trinajstić information content (AvgIpc) is 3.60. The highest BCUT2D eigenvalue weighted by Gasteiger charge is 2.41. The number of aromatic nitrogens is 2. The molecule has 63 heavy (non-hydrogen) atoms. The second kappa shape index (κ2) is 16.0. The standard InChI is InChI=1S/C60H44N2Si/c1-63(2)56-30-13-12-29-55(56)58-59(63)57(50-27-15-24-47(36-50)41-17-6-3-7-18-41)61-60(62-58)51-28-16-26-49(37-51)48-25-14-23-46(35-48)44-31-33-45(34-32-44)54-39-52(42-19-8-4-9-20-42)38-53(40-54)43-21-10-5-11-22-43/h3-40H,1-2H3. The predicted molar refractivity (Wildman–Crippen MR) is 268 cm³/mol. The second-order valence-corrected chi connectivity index (χ2v) is 21.3. The first-order valence-corrected chi connectivity index (χ1v) is 24.7. The van der Waals surface area contributed by atoms with E-state index in [4.69, 9.17) is 9.97 Å². The van der Waals surface area contributed by atoms with Crippen molar-refractivity contribution in [2.45, 2.75) is 13.1 Å². The third-order valence-electron chi connectivity index (χ3n) is 12.6. The van der Waals surface area contributed by atoms with Gasteiger partial charge >= 0.3 is 0 Å². The summed E-state index contributed by atoms with van der Waals surface area (Å²) in [4.78, 5) is 10.9. The maximum absolute atomic E-state index is 5.50. The monoisotopic (exact) mass is 820 g/mol. The lowest BCUT2D eigenvalue weighted by atomic mass is 9.92. The number of fused-ring (bicyclic) bond motifs is 3. The molecule has 0 radical (unpaired) electrons. The second-order valence-electron chi connectivity index (χ2n) is 17.0. The van der Waals surface area contributed by atoms with Gasteiger partial charge in [-0.25, -0.2) is 9.97 Å². The normalized spacial score (nSPS) is 12.4. The highest BCUT2D eigenvalue weighted by atomic mass is 28.3. The summed E-state index contributed by atoms with van der Waals surface area (Å²) in [6.45, 7) is 4.88. The van der Waals surface area contributed by atoms with Crippen LogP contribution in [0, 0.1) is 0 Å². The molecule has 11 rings (SSSR count). The minimum absolute atomic E-state index is 0.746. The average molecular weight is 821 g/mol. The van der Waals surface area contributed by atoms with E-state index >= 15 is 0 Å². The quantitative estimate of drug-likeness (QED) is 0.143. The Kier molecular flexibility index (Phi) is 9.68. The van der Waals surface area contributed by atoms with Gasteiger partial charge in [-0.05, 0) is 119 Å². The van der Waals surface area contributed by atoms with Gasteiger partial charge in [0.25, 0.3) is 0 Å². The zero-order chi connectivity index (χ0) is 42.3. The first-order chi connectivity index (χ1) is 31.0. The van der Waals surface area contributed by atoms with Gasteiger partial charge in [-0.3, -0.25) is 0 Å². The Bertz CT molecular complexity index is 3230. The van der Waals surface area contributed by atoms with Crippen LogP contribution >= 0.6 is 0 Å². The van der Waals surface area contributed by atoms with Gasteiger partial charge in [-0.15, -0.1) is 0 Å². The summed E-state index contributed by atoms with van der Waals surface area (Å²) in [5.41, 5.74) is 19.7. The molecule has 0 fully saturated rings. The van der Waals surface area contributed by atoms with Gasteiger partial charge in [-0.1, -0.05) is 207 Å². The molecule has 2 nitrogen and oxygen atoms in total. The molecule has 0 saturated carbocycles. The fraction of sp³-hybridized carbons (Fsp3) is 0.0333. The Morgan fingerprint density at radius 3 is 1.14 bits per heavy atom. The fourth-order valence-corrected chi connectivity index (χ4v) is 12.6. The molecule has 0 amide bonds. The molecule has 2 heterocycles. The van der Waals surface area contributed by atoms with Gasteiger partial charge in [0, 0.05) is 11.1 Å². The van der Waals surface area contributed by atoms with E-state index in [1.54, 1.807) is 0 Å². The zero-order valence-corrected chi connectivity index (χ0v) is 36.3. The Balaban J connectivity index is 0.950. The van der Waals surface area contributed by atoms with Crippen LogP contribution in [-0.2, 0) is 0 Å². The van der Waals surface area contributed by atoms with Gasteiger partial charge in [0.1, 0.15) is 8.07 Å². The van der Waals surface area contributed by atoms with E-state index < -0.39 is 8.07 Å². The van der Waals surface area contributed by atoms with E-state index in [0.29, 0.717) is 0 Å². The van der Waals surface area contributed by atoms with Crippen molar-refractivity contribution in [1.29, 1.82) is 0 Å². The summed E-state index contributed by atoms with van der Waals surface area (Å²) >= 11 is 0. The van der Waals surface area contributed by atoms with Gasteiger partial charge in [0.2, 0.25) is 0 Å². The van der Waals surface area contributed by atoms with E-state index in [1.165, 1.54) is 71.6 Å². The van der Waals surface area contributed by atoms with Crippen LogP contribution in [0.15, 0.2) is 231 Å². The molecule has 3 heteroatoms. The molecule has 0 N–H and O–H groups in total. The Labute approximate surface area is 370 Å². The highest BCUT2D eigenvalue weighted by Crippen LogP contribution is 2.37. The van der Waals surface area contributed by atoms with Crippen molar-refractivity contribution >= 4 is 18.4 Å². The molecule has 10 aromatic rings. The van der Waals surface area contributed by atoms with E-state index in [0.717, 1.165) is 39.5 Å². The Hall–Kier alpha value is -7.72. The van der Waals surface area contributed by atoms with Crippen LogP contribution in [0.4, 0.5) is 0 Å². The SMILES string of the molecule is C[Si]1(C)c2ccccc2-c2nc(-c3cccc(-c4cccc(-c5ccc(-c6cc(-c7ccccc7)cc(-c7ccccc7)c6)cc5)c4)c3)nc(-c3cccc(-c4ccccc4)c3)c21. The lowest BCUT2D eigenvalue weighted by molar-refractivity contribution is 1.20. The van der Waals surface area contributed by atoms with Crippen molar-refractivity contribution in [1.82, 2.24) is 9.97 Å². The molecule has 1 aliphatic heterocycles. The molecule has 0 aliphatic carbocycles. The molecule has 9 aromatic carbocycles. The minimum Gasteiger partial charge on any atom is -0.228 e. The molecule has 0 unspecified atom stereocenters. The molecular weight excluding hydrogens is 777 g/mol. The van der Waals surface area contributed by atoms with Crippen LogP contribution in [0.2, 0.25) is 13.1 Å². The fourth-order valence-electron chi connectivity index (χ4n) is 9.39. The van der Waals surface area contributed by atoms with Crippen LogP contribution in [0.3, 0.4) is 0 Å². The Morgan fingerprint density at radius 1 is 0.270 bits per heavy atom. The Morgan fingerprint density at radius 2 is 0.603 bits per heavy atom. The minimum atomic E-state index is -2.11. The molecule has 298 valence electrons. The first-order valence-electron chi connectivity index (χ1n) is 21.7. The molecule has 1 aliphatic rings. The van der Waals surface area contributed by atoms with Gasteiger partial charge in [0.15, 0.2) is 5.82 Å². The molecule has 0 spiro atoms. The van der Waals surface area contributed by atoms with Crippen molar-refractivity contribution < 1.29 is 0 Å². The van der Waals surface area contributed by atoms with E-state index in [-0.39, 0.29) is 0 Å². The number of rotatable bonds is 8. The van der Waals surface area contributed by atoms with Crippen LogP contribution in [0.25, 0.3) is 101 Å². The van der Waals surface area contributed by atoms with Gasteiger partial charge < -0.3 is 0 Å². The third kappa shape index (κ3) is 7.23. The van der Waals surface area contributed by atoms with Crippen LogP contribution in [-0.4, -0.2) is 18.0 Å². The molecule has 0 bridgehead atoms. The van der Waals surface area contributed by atoms with Gasteiger partial charge in [0.05, 0.1) is 11.4 Å². The van der Waals surface area contributed by atoms with E-state index in [1.807, 2.05) is 0 Å². The van der Waals surface area contributed by atoms with Crippen molar-refractivity contribution in [2.75, 3.05) is 0 Å². The summed E-state index contributed by atoms with van der Waals surface area (Å²) in [5, 5.41) is 2.73. The van der Waals surface area contributed by atoms with Crippen molar-refractivity contribution in [3.05, 3.63) is 231 Å². The van der Waals surface area contributed by atoms with E-state index in [2.05, 4.69) is 244 Å². The molecule has 0 atom stereocenters. The topological polar surface area (TPSA) is 25.8 Å². The lowest BCUT2D eigenvalue weighted by Gasteiger charge is -2.22. The molecule has 1 aromatic heterocycles. The molecular formula is C60H44N2Si. The summed E-state index contributed by atoms with van der Waals surface area (Å²) in [7, 11) is -2.11.